The molecule has 0 aliphatic carbocycles. The van der Waals surface area contributed by atoms with Crippen molar-refractivity contribution in [3.8, 4) is 0 Å². The predicted molar refractivity (Wildman–Crippen MR) is 84.6 cm³/mol. The highest BCUT2D eigenvalue weighted by Gasteiger charge is 2.59. The van der Waals surface area contributed by atoms with Crippen molar-refractivity contribution in [1.82, 2.24) is 0 Å². The predicted octanol–water partition coefficient (Wildman–Crippen LogP) is 0.910. The molecule has 0 N–H and O–H groups in total. The van der Waals surface area contributed by atoms with Gasteiger partial charge in [-0.25, -0.2) is 9.59 Å². The Balaban J connectivity index is 3.33. The zero-order valence-electron chi connectivity index (χ0n) is 14.8. The maximum Gasteiger partial charge on any atom is 0.345 e. The minimum absolute atomic E-state index is 0.0838. The van der Waals surface area contributed by atoms with Gasteiger partial charge in [0.2, 0.25) is 0 Å². The summed E-state index contributed by atoms with van der Waals surface area (Å²) in [5, 5.41) is 0. The zero-order valence-corrected chi connectivity index (χ0v) is 14.8. The van der Waals surface area contributed by atoms with Crippen LogP contribution in [0.3, 0.4) is 0 Å². The molecule has 2 atom stereocenters. The van der Waals surface area contributed by atoms with Crippen molar-refractivity contribution >= 4 is 24.1 Å². The Morgan fingerprint density at radius 1 is 1.04 bits per heavy atom. The van der Waals surface area contributed by atoms with Crippen LogP contribution in [0.1, 0.15) is 34.1 Å². The molecule has 0 radical (unpaired) electrons. The SMILES string of the molecule is CCOC(=O)[C@H]1C=NC(C(=O)OCC)(C(=O)OCC)C[C@@]1(C)OC. The van der Waals surface area contributed by atoms with Crippen LogP contribution in [0.4, 0.5) is 0 Å². The Kier molecular flexibility index (Phi) is 6.89. The molecule has 1 rings (SSSR count). The first-order chi connectivity index (χ1) is 11.3. The summed E-state index contributed by atoms with van der Waals surface area (Å²) in [6.45, 7) is 6.92. The molecule has 1 heterocycles. The van der Waals surface area contributed by atoms with Gasteiger partial charge in [0.25, 0.3) is 5.54 Å². The van der Waals surface area contributed by atoms with Crippen LogP contribution in [0.2, 0.25) is 0 Å². The van der Waals surface area contributed by atoms with E-state index in [0.717, 1.165) is 0 Å². The van der Waals surface area contributed by atoms with Crippen LogP contribution >= 0.6 is 0 Å². The average Bonchev–Trinajstić information content (AvgIpc) is 2.55. The largest absolute Gasteiger partial charge is 0.465 e. The van der Waals surface area contributed by atoms with Crippen LogP contribution in [-0.4, -0.2) is 62.2 Å². The van der Waals surface area contributed by atoms with Gasteiger partial charge in [0.05, 0.1) is 25.4 Å². The molecule has 0 unspecified atom stereocenters. The van der Waals surface area contributed by atoms with Crippen LogP contribution in [0.15, 0.2) is 4.99 Å². The van der Waals surface area contributed by atoms with E-state index in [1.165, 1.54) is 13.3 Å². The first kappa shape index (κ1) is 20.1. The standard InChI is InChI=1S/C16H25NO7/c1-6-22-12(18)11-9-17-16(13(19)23-7-2,14(20)24-8-3)10-15(11,4)21-5/h9,11H,6-8,10H2,1-5H3/t11-,15-/m1/s1. The van der Waals surface area contributed by atoms with Crippen LogP contribution in [-0.2, 0) is 33.3 Å². The lowest BCUT2D eigenvalue weighted by Gasteiger charge is -2.41. The van der Waals surface area contributed by atoms with Gasteiger partial charge in [-0.2, -0.15) is 0 Å². The second kappa shape index (κ2) is 8.23. The molecule has 0 saturated heterocycles. The summed E-state index contributed by atoms with van der Waals surface area (Å²) in [5.74, 6) is -3.04. The van der Waals surface area contributed by atoms with E-state index >= 15 is 0 Å². The van der Waals surface area contributed by atoms with Crippen molar-refractivity contribution in [2.75, 3.05) is 26.9 Å². The van der Waals surface area contributed by atoms with Crippen molar-refractivity contribution < 1.29 is 33.3 Å². The van der Waals surface area contributed by atoms with Gasteiger partial charge in [-0.05, 0) is 27.7 Å². The highest BCUT2D eigenvalue weighted by molar-refractivity contribution is 6.08. The number of methoxy groups -OCH3 is 1. The lowest BCUT2D eigenvalue weighted by molar-refractivity contribution is -0.174. The van der Waals surface area contributed by atoms with Crippen molar-refractivity contribution in [2.24, 2.45) is 10.9 Å². The number of carbonyl (C=O) groups excluding carboxylic acids is 3. The Hall–Kier alpha value is -1.96. The number of rotatable bonds is 7. The Morgan fingerprint density at radius 3 is 1.96 bits per heavy atom. The second-order valence-electron chi connectivity index (χ2n) is 5.50. The Morgan fingerprint density at radius 2 is 1.54 bits per heavy atom. The fourth-order valence-electron chi connectivity index (χ4n) is 2.60. The minimum atomic E-state index is -1.89. The summed E-state index contributed by atoms with van der Waals surface area (Å²) in [7, 11) is 1.40. The van der Waals surface area contributed by atoms with Gasteiger partial charge in [0.1, 0.15) is 5.92 Å². The van der Waals surface area contributed by atoms with Crippen molar-refractivity contribution in [1.29, 1.82) is 0 Å². The third-order valence-electron chi connectivity index (χ3n) is 3.94. The lowest BCUT2D eigenvalue weighted by atomic mass is 9.75. The first-order valence-electron chi connectivity index (χ1n) is 7.92. The van der Waals surface area contributed by atoms with Gasteiger partial charge < -0.3 is 18.9 Å². The van der Waals surface area contributed by atoms with Gasteiger partial charge in [-0.1, -0.05) is 0 Å². The molecule has 8 nitrogen and oxygen atoms in total. The van der Waals surface area contributed by atoms with Crippen molar-refractivity contribution in [3.05, 3.63) is 0 Å². The van der Waals surface area contributed by atoms with Crippen LogP contribution in [0.25, 0.3) is 0 Å². The maximum absolute atomic E-state index is 12.4. The molecule has 0 spiro atoms. The maximum atomic E-state index is 12.4. The number of nitrogens with zero attached hydrogens (tertiary/aromatic N) is 1. The zero-order chi connectivity index (χ0) is 18.4. The van der Waals surface area contributed by atoms with E-state index in [1.54, 1.807) is 27.7 Å². The molecule has 0 aromatic carbocycles. The van der Waals surface area contributed by atoms with E-state index in [1.807, 2.05) is 0 Å². The lowest BCUT2D eigenvalue weighted by Crippen LogP contribution is -2.59. The van der Waals surface area contributed by atoms with Gasteiger partial charge in [-0.15, -0.1) is 0 Å². The summed E-state index contributed by atoms with van der Waals surface area (Å²) in [4.78, 5) is 41.1. The summed E-state index contributed by atoms with van der Waals surface area (Å²) in [6.07, 6.45) is 1.03. The highest BCUT2D eigenvalue weighted by Crippen LogP contribution is 2.38. The van der Waals surface area contributed by atoms with E-state index < -0.39 is 35.0 Å². The van der Waals surface area contributed by atoms with Crippen LogP contribution in [0.5, 0.6) is 0 Å². The van der Waals surface area contributed by atoms with Crippen LogP contribution < -0.4 is 0 Å². The molecule has 0 amide bonds. The van der Waals surface area contributed by atoms with Gasteiger partial charge >= 0.3 is 17.9 Å². The van der Waals surface area contributed by atoms with Gasteiger partial charge in [-0.3, -0.25) is 9.79 Å². The number of carbonyl (C=O) groups is 3. The second-order valence-corrected chi connectivity index (χ2v) is 5.50. The molecule has 1 aliphatic rings. The molecule has 1 aliphatic heterocycles. The third kappa shape index (κ3) is 3.75. The molecule has 24 heavy (non-hydrogen) atoms. The van der Waals surface area contributed by atoms with Crippen molar-refractivity contribution in [3.63, 3.8) is 0 Å². The molecule has 0 aromatic heterocycles. The Labute approximate surface area is 141 Å². The third-order valence-corrected chi connectivity index (χ3v) is 3.94. The number of hydrogen-bond donors (Lipinski definition) is 0. The molecule has 0 bridgehead atoms. The quantitative estimate of drug-likeness (QED) is 0.385. The monoisotopic (exact) mass is 343 g/mol. The number of ether oxygens (including phenoxy) is 4. The first-order valence-corrected chi connectivity index (χ1v) is 7.92. The molecule has 0 aromatic rings. The van der Waals surface area contributed by atoms with E-state index in [9.17, 15) is 14.4 Å². The molecule has 0 saturated carbocycles. The minimum Gasteiger partial charge on any atom is -0.465 e. The summed E-state index contributed by atoms with van der Waals surface area (Å²) >= 11 is 0. The fourth-order valence-corrected chi connectivity index (χ4v) is 2.60. The fraction of sp³-hybridized carbons (Fsp3) is 0.750. The number of aliphatic imine (C=N–C) groups is 1. The van der Waals surface area contributed by atoms with Gasteiger partial charge in [0.15, 0.2) is 0 Å². The highest BCUT2D eigenvalue weighted by atomic mass is 16.6. The van der Waals surface area contributed by atoms with E-state index in [4.69, 9.17) is 18.9 Å². The Bertz CT molecular complexity index is 499. The van der Waals surface area contributed by atoms with Gasteiger partial charge in [0, 0.05) is 19.7 Å². The topological polar surface area (TPSA) is 100 Å². The molecule has 0 fully saturated rings. The number of esters is 3. The molecule has 136 valence electrons. The molecular weight excluding hydrogens is 318 g/mol. The molecular formula is C16H25NO7. The number of hydrogen-bond acceptors (Lipinski definition) is 8. The van der Waals surface area contributed by atoms with Crippen molar-refractivity contribution in [2.45, 2.75) is 45.3 Å². The van der Waals surface area contributed by atoms with E-state index in [0.29, 0.717) is 0 Å². The van der Waals surface area contributed by atoms with Crippen LogP contribution in [0, 0.1) is 5.92 Å². The van der Waals surface area contributed by atoms with E-state index in [-0.39, 0.29) is 26.2 Å². The molecule has 8 heteroatoms. The summed E-state index contributed by atoms with van der Waals surface area (Å²) in [5.41, 5.74) is -3.06. The average molecular weight is 343 g/mol. The summed E-state index contributed by atoms with van der Waals surface area (Å²) in [6, 6.07) is 0. The normalized spacial score (nSPS) is 25.0. The smallest absolute Gasteiger partial charge is 0.345 e. The summed E-state index contributed by atoms with van der Waals surface area (Å²) < 4.78 is 20.5. The van der Waals surface area contributed by atoms with E-state index in [2.05, 4.69) is 4.99 Å².